The highest BCUT2D eigenvalue weighted by Crippen LogP contribution is 2.27. The third kappa shape index (κ3) is 3.54. The van der Waals surface area contributed by atoms with Crippen LogP contribution in [0.5, 0.6) is 5.75 Å². The van der Waals surface area contributed by atoms with E-state index >= 15 is 0 Å². The lowest BCUT2D eigenvalue weighted by Crippen LogP contribution is -2.25. The molecule has 0 amide bonds. The number of benzene rings is 1. The molecule has 0 fully saturated rings. The lowest BCUT2D eigenvalue weighted by Gasteiger charge is -2.21. The van der Waals surface area contributed by atoms with Crippen LogP contribution in [0.25, 0.3) is 11.0 Å². The van der Waals surface area contributed by atoms with Gasteiger partial charge in [0.25, 0.3) is 5.56 Å². The third-order valence-corrected chi connectivity index (χ3v) is 4.90. The Balaban J connectivity index is 1.83. The van der Waals surface area contributed by atoms with E-state index in [0.29, 0.717) is 17.0 Å². The van der Waals surface area contributed by atoms with Crippen LogP contribution < -0.4 is 15.6 Å². The summed E-state index contributed by atoms with van der Waals surface area (Å²) < 4.78 is 9.06. The summed E-state index contributed by atoms with van der Waals surface area (Å²) in [6.07, 6.45) is 5.16. The fraction of sp³-hybridized carbons (Fsp3) is 0.333. The Labute approximate surface area is 173 Å². The van der Waals surface area contributed by atoms with E-state index in [1.807, 2.05) is 62.8 Å². The maximum absolute atomic E-state index is 12.7. The van der Waals surface area contributed by atoms with Crippen molar-refractivity contribution in [3.63, 3.8) is 0 Å². The lowest BCUT2D eigenvalue weighted by molar-refractivity contribution is 0.366. The molecule has 3 heterocycles. The second kappa shape index (κ2) is 7.33. The van der Waals surface area contributed by atoms with Crippen molar-refractivity contribution in [2.45, 2.75) is 32.4 Å². The molecule has 0 saturated carbocycles. The third-order valence-electron chi connectivity index (χ3n) is 4.90. The van der Waals surface area contributed by atoms with Gasteiger partial charge in [-0.15, -0.1) is 0 Å². The van der Waals surface area contributed by atoms with E-state index in [2.05, 4.69) is 25.4 Å². The molecule has 9 nitrogen and oxygen atoms in total. The molecule has 30 heavy (non-hydrogen) atoms. The molecule has 9 heteroatoms. The molecule has 0 aliphatic rings. The fourth-order valence-electron chi connectivity index (χ4n) is 3.39. The largest absolute Gasteiger partial charge is 0.497 e. The number of nitrogens with zero attached hydrogens (tertiary/aromatic N) is 5. The molecule has 2 N–H and O–H groups in total. The molecule has 0 bridgehead atoms. The zero-order valence-corrected chi connectivity index (χ0v) is 17.7. The second-order valence-electron chi connectivity index (χ2n) is 8.13. The van der Waals surface area contributed by atoms with Crippen LogP contribution >= 0.6 is 0 Å². The van der Waals surface area contributed by atoms with Gasteiger partial charge in [-0.05, 0) is 38.5 Å². The van der Waals surface area contributed by atoms with Crippen molar-refractivity contribution in [2.24, 2.45) is 7.05 Å². The molecular formula is C21H25N7O2. The monoisotopic (exact) mass is 407 g/mol. The number of imidazole rings is 1. The van der Waals surface area contributed by atoms with Gasteiger partial charge in [-0.25, -0.2) is 9.67 Å². The number of fused-ring (bicyclic) bond motifs is 1. The van der Waals surface area contributed by atoms with Crippen molar-refractivity contribution in [1.82, 2.24) is 29.3 Å². The van der Waals surface area contributed by atoms with Crippen LogP contribution in [-0.2, 0) is 12.6 Å². The molecule has 156 valence electrons. The summed E-state index contributed by atoms with van der Waals surface area (Å²) in [7, 11) is 3.55. The predicted molar refractivity (Wildman–Crippen MR) is 115 cm³/mol. The second-order valence-corrected chi connectivity index (χ2v) is 8.13. The van der Waals surface area contributed by atoms with Gasteiger partial charge in [0, 0.05) is 19.4 Å². The molecule has 4 rings (SSSR count). The Bertz CT molecular complexity index is 1250. The van der Waals surface area contributed by atoms with E-state index < -0.39 is 0 Å². The van der Waals surface area contributed by atoms with Crippen LogP contribution in [-0.4, -0.2) is 36.4 Å². The van der Waals surface area contributed by atoms with Gasteiger partial charge in [0.1, 0.15) is 23.0 Å². The number of hydrogen-bond donors (Lipinski definition) is 2. The smallest absolute Gasteiger partial charge is 0.263 e. The van der Waals surface area contributed by atoms with Gasteiger partial charge in [-0.1, -0.05) is 12.1 Å². The van der Waals surface area contributed by atoms with Crippen LogP contribution in [0.1, 0.15) is 38.2 Å². The first-order chi connectivity index (χ1) is 14.3. The number of nitrogens with one attached hydrogen (secondary N) is 2. The van der Waals surface area contributed by atoms with Crippen LogP contribution in [0.15, 0.2) is 47.7 Å². The molecule has 4 aromatic rings. The first kappa shape index (κ1) is 19.7. The normalized spacial score (nSPS) is 12.8. The Hall–Kier alpha value is -3.62. The van der Waals surface area contributed by atoms with Crippen molar-refractivity contribution < 1.29 is 4.74 Å². The summed E-state index contributed by atoms with van der Waals surface area (Å²) in [5.41, 5.74) is 0.891. The Kier molecular flexibility index (Phi) is 4.81. The van der Waals surface area contributed by atoms with E-state index in [0.717, 1.165) is 17.1 Å². The molecule has 0 spiro atoms. The van der Waals surface area contributed by atoms with Crippen molar-refractivity contribution in [1.29, 1.82) is 0 Å². The SMILES string of the molecule is COc1cccc(C(Nc2nc3c(cnn3C(C)(C)C)c(=O)[nH]2)c2nccn2C)c1. The van der Waals surface area contributed by atoms with Crippen molar-refractivity contribution in [3.05, 3.63) is 64.6 Å². The summed E-state index contributed by atoms with van der Waals surface area (Å²) in [6.45, 7) is 6.05. The number of aromatic amines is 1. The molecule has 0 aliphatic heterocycles. The number of aromatic nitrogens is 6. The summed E-state index contributed by atoms with van der Waals surface area (Å²) in [5.74, 6) is 1.85. The van der Waals surface area contributed by atoms with Crippen LogP contribution in [0.2, 0.25) is 0 Å². The zero-order chi connectivity index (χ0) is 21.5. The predicted octanol–water partition coefficient (Wildman–Crippen LogP) is 2.82. The first-order valence-electron chi connectivity index (χ1n) is 9.64. The van der Waals surface area contributed by atoms with Crippen LogP contribution in [0.4, 0.5) is 5.95 Å². The maximum Gasteiger partial charge on any atom is 0.263 e. The minimum atomic E-state index is -0.355. The van der Waals surface area contributed by atoms with E-state index in [1.54, 1.807) is 24.2 Å². The number of methoxy groups -OCH3 is 1. The van der Waals surface area contributed by atoms with E-state index in [1.165, 1.54) is 0 Å². The summed E-state index contributed by atoms with van der Waals surface area (Å²) in [4.78, 5) is 24.7. The number of anilines is 1. The van der Waals surface area contributed by atoms with Crippen LogP contribution in [0, 0.1) is 0 Å². The van der Waals surface area contributed by atoms with Gasteiger partial charge < -0.3 is 14.6 Å². The summed E-state index contributed by atoms with van der Waals surface area (Å²) >= 11 is 0. The quantitative estimate of drug-likeness (QED) is 0.527. The number of aryl methyl sites for hydroxylation is 1. The summed E-state index contributed by atoms with van der Waals surface area (Å²) in [5, 5.41) is 8.16. The number of ether oxygens (including phenoxy) is 1. The Morgan fingerprint density at radius 3 is 2.73 bits per heavy atom. The van der Waals surface area contributed by atoms with E-state index in [4.69, 9.17) is 4.74 Å². The van der Waals surface area contributed by atoms with Crippen molar-refractivity contribution >= 4 is 17.0 Å². The van der Waals surface area contributed by atoms with Crippen molar-refractivity contribution in [3.8, 4) is 5.75 Å². The maximum atomic E-state index is 12.7. The zero-order valence-electron chi connectivity index (χ0n) is 17.7. The first-order valence-corrected chi connectivity index (χ1v) is 9.64. The number of H-pyrrole nitrogens is 1. The van der Waals surface area contributed by atoms with Gasteiger partial charge in [0.2, 0.25) is 5.95 Å². The minimum absolute atomic E-state index is 0.248. The highest BCUT2D eigenvalue weighted by molar-refractivity contribution is 5.74. The van der Waals surface area contributed by atoms with Crippen molar-refractivity contribution in [2.75, 3.05) is 12.4 Å². The minimum Gasteiger partial charge on any atom is -0.497 e. The van der Waals surface area contributed by atoms with Crippen LogP contribution in [0.3, 0.4) is 0 Å². The van der Waals surface area contributed by atoms with Gasteiger partial charge >= 0.3 is 0 Å². The highest BCUT2D eigenvalue weighted by Gasteiger charge is 2.23. The molecule has 1 atom stereocenters. The number of hydrogen-bond acceptors (Lipinski definition) is 6. The molecule has 0 radical (unpaired) electrons. The molecule has 1 aromatic carbocycles. The Morgan fingerprint density at radius 1 is 1.27 bits per heavy atom. The molecule has 1 unspecified atom stereocenters. The highest BCUT2D eigenvalue weighted by atomic mass is 16.5. The molecular weight excluding hydrogens is 382 g/mol. The standard InChI is InChI=1S/C21H25N7O2/c1-21(2,3)28-17-15(12-23-28)19(29)26-20(25-17)24-16(18-22-9-10-27(18)4)13-7-6-8-14(11-13)30-5/h6-12,16H,1-5H3,(H2,24,25,26,29). The van der Waals surface area contributed by atoms with E-state index in [9.17, 15) is 4.79 Å². The molecule has 0 aliphatic carbocycles. The van der Waals surface area contributed by atoms with Gasteiger partial charge in [0.15, 0.2) is 5.65 Å². The molecule has 3 aromatic heterocycles. The lowest BCUT2D eigenvalue weighted by atomic mass is 10.1. The fourth-order valence-corrected chi connectivity index (χ4v) is 3.39. The molecule has 0 saturated heterocycles. The topological polar surface area (TPSA) is 103 Å². The van der Waals surface area contributed by atoms with Gasteiger partial charge in [0.05, 0.1) is 18.8 Å². The van der Waals surface area contributed by atoms with E-state index in [-0.39, 0.29) is 17.1 Å². The summed E-state index contributed by atoms with van der Waals surface area (Å²) in [6, 6.07) is 7.35. The van der Waals surface area contributed by atoms with Gasteiger partial charge in [-0.3, -0.25) is 9.78 Å². The average molecular weight is 407 g/mol. The van der Waals surface area contributed by atoms with Gasteiger partial charge in [-0.2, -0.15) is 10.1 Å². The Morgan fingerprint density at radius 2 is 2.07 bits per heavy atom. The average Bonchev–Trinajstić information content (AvgIpc) is 3.32. The number of rotatable bonds is 5.